The minimum absolute atomic E-state index is 0.0250. The molecule has 14 heavy (non-hydrogen) atoms. The molecule has 0 aromatic carbocycles. The lowest BCUT2D eigenvalue weighted by atomic mass is 9.56. The fourth-order valence-corrected chi connectivity index (χ4v) is 2.13. The first-order chi connectivity index (χ1) is 6.58. The van der Waals surface area contributed by atoms with Crippen LogP contribution in [0, 0.1) is 5.41 Å². The molecule has 1 N–H and O–H groups in total. The van der Waals surface area contributed by atoms with Gasteiger partial charge in [0.2, 0.25) is 0 Å². The Morgan fingerprint density at radius 1 is 1.50 bits per heavy atom. The van der Waals surface area contributed by atoms with Crippen LogP contribution in [0.25, 0.3) is 0 Å². The van der Waals surface area contributed by atoms with Crippen molar-refractivity contribution in [1.29, 1.82) is 0 Å². The van der Waals surface area contributed by atoms with Crippen LogP contribution in [0.4, 0.5) is 0 Å². The molecule has 0 spiro atoms. The van der Waals surface area contributed by atoms with Crippen molar-refractivity contribution in [3.05, 3.63) is 30.5 Å². The maximum absolute atomic E-state index is 10.2. The van der Waals surface area contributed by atoms with Gasteiger partial charge in [-0.25, -0.2) is 0 Å². The molecule has 1 nitrogen and oxygen atoms in total. The third-order valence-electron chi connectivity index (χ3n) is 3.54. The molecule has 0 aliphatic heterocycles. The monoisotopic (exact) mass is 192 g/mol. The van der Waals surface area contributed by atoms with E-state index in [-0.39, 0.29) is 5.41 Å². The van der Waals surface area contributed by atoms with Gasteiger partial charge >= 0.3 is 0 Å². The molecule has 1 rings (SSSR count). The van der Waals surface area contributed by atoms with Crippen molar-refractivity contribution >= 4 is 0 Å². The predicted molar refractivity (Wildman–Crippen MR) is 60.0 cm³/mol. The predicted octanol–water partition coefficient (Wildman–Crippen LogP) is 3.22. The molecule has 0 saturated heterocycles. The van der Waals surface area contributed by atoms with E-state index in [1.165, 1.54) is 0 Å². The Hall–Kier alpha value is -0.780. The van der Waals surface area contributed by atoms with Crippen molar-refractivity contribution < 1.29 is 5.11 Å². The van der Waals surface area contributed by atoms with Crippen molar-refractivity contribution in [1.82, 2.24) is 0 Å². The van der Waals surface area contributed by atoms with Crippen LogP contribution in [0.3, 0.4) is 0 Å². The average Bonchev–Trinajstić information content (AvgIpc) is 2.17. The van der Waals surface area contributed by atoms with Crippen molar-refractivity contribution in [3.8, 4) is 0 Å². The first-order valence-corrected chi connectivity index (χ1v) is 5.28. The molecule has 1 fully saturated rings. The van der Waals surface area contributed by atoms with Gasteiger partial charge in [-0.15, -0.1) is 5.73 Å². The molecule has 0 aromatic rings. The van der Waals surface area contributed by atoms with Crippen LogP contribution < -0.4 is 0 Å². The van der Waals surface area contributed by atoms with Crippen molar-refractivity contribution in [2.45, 2.75) is 45.1 Å². The Balaban J connectivity index is 2.61. The maximum atomic E-state index is 10.2. The first kappa shape index (κ1) is 11.3. The van der Waals surface area contributed by atoms with Crippen molar-refractivity contribution in [2.24, 2.45) is 5.41 Å². The lowest BCUT2D eigenvalue weighted by Crippen LogP contribution is -2.53. The molecule has 1 aliphatic carbocycles. The van der Waals surface area contributed by atoms with Gasteiger partial charge in [-0.3, -0.25) is 0 Å². The van der Waals surface area contributed by atoms with E-state index in [4.69, 9.17) is 0 Å². The summed E-state index contributed by atoms with van der Waals surface area (Å²) in [6.07, 6.45) is 9.96. The second kappa shape index (κ2) is 4.16. The topological polar surface area (TPSA) is 20.2 Å². The van der Waals surface area contributed by atoms with Crippen LogP contribution in [0.1, 0.15) is 39.5 Å². The van der Waals surface area contributed by atoms with E-state index in [1.54, 1.807) is 6.08 Å². The largest absolute Gasteiger partial charge is 0.385 e. The van der Waals surface area contributed by atoms with Gasteiger partial charge in [-0.2, -0.15) is 0 Å². The lowest BCUT2D eigenvalue weighted by Gasteiger charge is -2.52. The van der Waals surface area contributed by atoms with E-state index in [2.05, 4.69) is 31.4 Å². The van der Waals surface area contributed by atoms with Crippen LogP contribution in [0.2, 0.25) is 0 Å². The van der Waals surface area contributed by atoms with Crippen LogP contribution in [-0.2, 0) is 0 Å². The summed E-state index contributed by atoms with van der Waals surface area (Å²) < 4.78 is 0. The van der Waals surface area contributed by atoms with E-state index in [0.29, 0.717) is 0 Å². The molecular weight excluding hydrogens is 172 g/mol. The van der Waals surface area contributed by atoms with E-state index in [0.717, 1.165) is 25.7 Å². The molecule has 0 aromatic heterocycles. The zero-order valence-corrected chi connectivity index (χ0v) is 9.21. The summed E-state index contributed by atoms with van der Waals surface area (Å²) >= 11 is 0. The second-order valence-corrected chi connectivity index (χ2v) is 4.44. The Morgan fingerprint density at radius 3 is 2.64 bits per heavy atom. The van der Waals surface area contributed by atoms with Crippen LogP contribution in [0.5, 0.6) is 0 Å². The van der Waals surface area contributed by atoms with Crippen molar-refractivity contribution in [3.63, 3.8) is 0 Å². The molecule has 0 bridgehead atoms. The van der Waals surface area contributed by atoms with Crippen molar-refractivity contribution in [2.75, 3.05) is 0 Å². The van der Waals surface area contributed by atoms with Gasteiger partial charge in [0.15, 0.2) is 0 Å². The Labute approximate surface area is 86.8 Å². The summed E-state index contributed by atoms with van der Waals surface area (Å²) in [5, 5.41) is 10.2. The summed E-state index contributed by atoms with van der Waals surface area (Å²) in [6, 6.07) is 0. The molecule has 1 heteroatoms. The van der Waals surface area contributed by atoms with E-state index >= 15 is 0 Å². The number of aliphatic hydroxyl groups is 1. The molecule has 0 unspecified atom stereocenters. The van der Waals surface area contributed by atoms with Gasteiger partial charge in [0, 0.05) is 5.41 Å². The highest BCUT2D eigenvalue weighted by Gasteiger charge is 2.52. The molecule has 1 saturated carbocycles. The fourth-order valence-electron chi connectivity index (χ4n) is 2.13. The van der Waals surface area contributed by atoms with Gasteiger partial charge in [0.05, 0.1) is 5.60 Å². The molecule has 78 valence electrons. The quantitative estimate of drug-likeness (QED) is 0.535. The minimum atomic E-state index is -0.656. The third-order valence-corrected chi connectivity index (χ3v) is 3.54. The average molecular weight is 192 g/mol. The smallest absolute Gasteiger partial charge is 0.0954 e. The molecule has 0 radical (unpaired) electrons. The Kier molecular flexibility index (Phi) is 3.36. The summed E-state index contributed by atoms with van der Waals surface area (Å²) in [4.78, 5) is 0. The highest BCUT2D eigenvalue weighted by atomic mass is 16.3. The number of allylic oxidation sites excluding steroid dienone is 2. The highest BCUT2D eigenvalue weighted by Crippen LogP contribution is 2.53. The molecule has 0 amide bonds. The summed E-state index contributed by atoms with van der Waals surface area (Å²) in [5.41, 5.74) is 2.08. The van der Waals surface area contributed by atoms with Gasteiger partial charge in [0.1, 0.15) is 0 Å². The molecule has 1 aliphatic rings. The number of rotatable bonds is 4. The number of hydrogen-bond acceptors (Lipinski definition) is 1. The summed E-state index contributed by atoms with van der Waals surface area (Å²) in [5.74, 6) is 0. The zero-order chi connectivity index (χ0) is 10.7. The maximum Gasteiger partial charge on any atom is 0.0954 e. The van der Waals surface area contributed by atoms with Gasteiger partial charge < -0.3 is 5.11 Å². The molecule has 2 atom stereocenters. The summed E-state index contributed by atoms with van der Waals surface area (Å²) in [7, 11) is 0. The standard InChI is InChI=1S/C13H20O/c1-4-6-7-9-12(3)10-11-13(12,14)8-5-2/h4,6,8,14H,2,7,9-11H2,1,3H3/b6-4+/t12-,13-/m1/s1. The Bertz CT molecular complexity index is 273. The zero-order valence-electron chi connectivity index (χ0n) is 9.21. The second-order valence-electron chi connectivity index (χ2n) is 4.44. The summed E-state index contributed by atoms with van der Waals surface area (Å²) in [6.45, 7) is 7.71. The molecular formula is C13H20O. The first-order valence-electron chi connectivity index (χ1n) is 5.28. The van der Waals surface area contributed by atoms with Crippen LogP contribution in [-0.4, -0.2) is 10.7 Å². The minimum Gasteiger partial charge on any atom is -0.385 e. The van der Waals surface area contributed by atoms with E-state index in [1.807, 2.05) is 6.92 Å². The number of hydrogen-bond donors (Lipinski definition) is 1. The SMILES string of the molecule is C=C=C[C@@]1(O)CC[C@@]1(C)CC/C=C/C. The highest BCUT2D eigenvalue weighted by molar-refractivity contribution is 5.16. The van der Waals surface area contributed by atoms with Gasteiger partial charge in [-0.05, 0) is 38.7 Å². The van der Waals surface area contributed by atoms with Crippen LogP contribution >= 0.6 is 0 Å². The normalized spacial score (nSPS) is 36.5. The fraction of sp³-hybridized carbons (Fsp3) is 0.615. The lowest BCUT2D eigenvalue weighted by molar-refractivity contribution is -0.123. The molecule has 0 heterocycles. The van der Waals surface area contributed by atoms with E-state index in [9.17, 15) is 5.11 Å². The third kappa shape index (κ3) is 1.84. The Morgan fingerprint density at radius 2 is 2.21 bits per heavy atom. The van der Waals surface area contributed by atoms with E-state index < -0.39 is 5.60 Å². The van der Waals surface area contributed by atoms with Crippen LogP contribution in [0.15, 0.2) is 30.5 Å². The van der Waals surface area contributed by atoms with Gasteiger partial charge in [0.25, 0.3) is 0 Å². The van der Waals surface area contributed by atoms with Gasteiger partial charge in [-0.1, -0.05) is 25.7 Å².